The average molecular weight is 247 g/mol. The minimum atomic E-state index is -1.94. The molecule has 1 aromatic rings. The zero-order chi connectivity index (χ0) is 13.2. The van der Waals surface area contributed by atoms with Crippen molar-refractivity contribution in [3.63, 3.8) is 0 Å². The maximum absolute atomic E-state index is 13.3. The van der Waals surface area contributed by atoms with Crippen molar-refractivity contribution < 1.29 is 28.9 Å². The monoisotopic (exact) mass is 247 g/mol. The summed E-state index contributed by atoms with van der Waals surface area (Å²) in [6, 6.07) is 1.16. The third kappa shape index (κ3) is 3.11. The topological polar surface area (TPSA) is 104 Å². The van der Waals surface area contributed by atoms with Crippen molar-refractivity contribution in [3.8, 4) is 5.75 Å². The molecule has 0 bridgehead atoms. The summed E-state index contributed by atoms with van der Waals surface area (Å²) in [5.41, 5.74) is 3.95. The normalized spacial score (nSPS) is 14.4. The van der Waals surface area contributed by atoms with Crippen molar-refractivity contribution in [2.75, 3.05) is 0 Å². The van der Waals surface area contributed by atoms with Gasteiger partial charge in [-0.2, -0.15) is 0 Å². The first kappa shape index (κ1) is 13.3. The number of phenolic OH excluding ortho intramolecular Hbond substituents is 1. The lowest BCUT2D eigenvalue weighted by Crippen LogP contribution is -2.26. The molecule has 5 N–H and O–H groups in total. The van der Waals surface area contributed by atoms with Crippen molar-refractivity contribution >= 4 is 5.91 Å². The highest BCUT2D eigenvalue weighted by Gasteiger charge is 2.26. The number of halogens is 2. The Labute approximate surface area is 95.1 Å². The maximum atomic E-state index is 13.3. The van der Waals surface area contributed by atoms with Crippen LogP contribution in [0.4, 0.5) is 8.78 Å². The quantitative estimate of drug-likeness (QED) is 0.598. The molecule has 0 aliphatic rings. The summed E-state index contributed by atoms with van der Waals surface area (Å²) < 4.78 is 26.5. The van der Waals surface area contributed by atoms with Crippen LogP contribution in [0.2, 0.25) is 0 Å². The third-order valence-corrected chi connectivity index (χ3v) is 2.13. The molecular formula is C10H11F2NO4. The van der Waals surface area contributed by atoms with Gasteiger partial charge in [-0.25, -0.2) is 8.78 Å². The SMILES string of the molecule is NC(=O)CC(O)C(O)c1c(F)cc(O)cc1F. The summed E-state index contributed by atoms with van der Waals surface area (Å²) in [7, 11) is 0. The highest BCUT2D eigenvalue weighted by Crippen LogP contribution is 2.27. The first-order chi connectivity index (χ1) is 7.82. The Bertz CT molecular complexity index is 415. The number of carbonyl (C=O) groups is 1. The van der Waals surface area contributed by atoms with Gasteiger partial charge in [0.05, 0.1) is 18.1 Å². The van der Waals surface area contributed by atoms with Crippen molar-refractivity contribution in [2.45, 2.75) is 18.6 Å². The predicted octanol–water partition coefficient (Wildman–Crippen LogP) is -0.0599. The van der Waals surface area contributed by atoms with Crippen LogP contribution in [0.15, 0.2) is 12.1 Å². The van der Waals surface area contributed by atoms with E-state index in [4.69, 9.17) is 10.8 Å². The van der Waals surface area contributed by atoms with Gasteiger partial charge in [-0.3, -0.25) is 4.79 Å². The van der Waals surface area contributed by atoms with Crippen LogP contribution in [0.3, 0.4) is 0 Å². The van der Waals surface area contributed by atoms with Gasteiger partial charge < -0.3 is 21.1 Å². The molecule has 0 fully saturated rings. The van der Waals surface area contributed by atoms with Crippen LogP contribution in [-0.4, -0.2) is 27.3 Å². The summed E-state index contributed by atoms with van der Waals surface area (Å²) in [4.78, 5) is 10.5. The molecular weight excluding hydrogens is 236 g/mol. The van der Waals surface area contributed by atoms with E-state index in [2.05, 4.69) is 0 Å². The molecule has 0 saturated heterocycles. The molecule has 94 valence electrons. The van der Waals surface area contributed by atoms with E-state index < -0.39 is 47.5 Å². The number of aliphatic hydroxyl groups is 2. The van der Waals surface area contributed by atoms with Crippen LogP contribution in [0.25, 0.3) is 0 Å². The Hall–Kier alpha value is -1.73. The van der Waals surface area contributed by atoms with Crippen LogP contribution in [-0.2, 0) is 4.79 Å². The van der Waals surface area contributed by atoms with Gasteiger partial charge in [0.15, 0.2) is 0 Å². The Morgan fingerprint density at radius 2 is 1.76 bits per heavy atom. The average Bonchev–Trinajstić information content (AvgIpc) is 2.14. The maximum Gasteiger partial charge on any atom is 0.220 e. The van der Waals surface area contributed by atoms with Crippen molar-refractivity contribution in [1.82, 2.24) is 0 Å². The number of rotatable bonds is 4. The molecule has 17 heavy (non-hydrogen) atoms. The van der Waals surface area contributed by atoms with Gasteiger partial charge in [0.2, 0.25) is 5.91 Å². The molecule has 0 heterocycles. The summed E-state index contributed by atoms with van der Waals surface area (Å²) in [6.07, 6.45) is -4.30. The molecule has 7 heteroatoms. The number of hydrogen-bond donors (Lipinski definition) is 4. The fourth-order valence-electron chi connectivity index (χ4n) is 1.36. The van der Waals surface area contributed by atoms with Crippen LogP contribution >= 0.6 is 0 Å². The molecule has 1 aromatic carbocycles. The van der Waals surface area contributed by atoms with Crippen LogP contribution < -0.4 is 5.73 Å². The minimum Gasteiger partial charge on any atom is -0.508 e. The molecule has 1 amide bonds. The number of primary amides is 1. The van der Waals surface area contributed by atoms with E-state index in [1.165, 1.54) is 0 Å². The molecule has 0 aliphatic carbocycles. The number of aromatic hydroxyl groups is 1. The van der Waals surface area contributed by atoms with E-state index in [-0.39, 0.29) is 0 Å². The lowest BCUT2D eigenvalue weighted by Gasteiger charge is -2.18. The van der Waals surface area contributed by atoms with E-state index in [0.717, 1.165) is 0 Å². The molecule has 0 radical (unpaired) electrons. The fraction of sp³-hybridized carbons (Fsp3) is 0.300. The number of amides is 1. The fourth-order valence-corrected chi connectivity index (χ4v) is 1.36. The zero-order valence-electron chi connectivity index (χ0n) is 8.60. The molecule has 1 rings (SSSR count). The molecule has 0 spiro atoms. The van der Waals surface area contributed by atoms with E-state index in [1.54, 1.807) is 0 Å². The summed E-state index contributed by atoms with van der Waals surface area (Å²) in [5, 5.41) is 27.7. The second-order valence-electron chi connectivity index (χ2n) is 3.51. The standard InChI is InChI=1S/C10H11F2NO4/c11-5-1-4(14)2-6(12)9(5)10(17)7(15)3-8(13)16/h1-2,7,10,14-15,17H,3H2,(H2,13,16). The van der Waals surface area contributed by atoms with Crippen molar-refractivity contribution in [2.24, 2.45) is 5.73 Å². The number of aliphatic hydroxyl groups excluding tert-OH is 2. The molecule has 0 aliphatic heterocycles. The molecule has 2 unspecified atom stereocenters. The molecule has 0 aromatic heterocycles. The van der Waals surface area contributed by atoms with E-state index in [1.807, 2.05) is 0 Å². The van der Waals surface area contributed by atoms with E-state index in [0.29, 0.717) is 12.1 Å². The number of nitrogens with two attached hydrogens (primary N) is 1. The highest BCUT2D eigenvalue weighted by molar-refractivity contribution is 5.74. The van der Waals surface area contributed by atoms with E-state index in [9.17, 15) is 23.8 Å². The second kappa shape index (κ2) is 5.07. The summed E-state index contributed by atoms with van der Waals surface area (Å²) in [5.74, 6) is -4.02. The lowest BCUT2D eigenvalue weighted by molar-refractivity contribution is -0.121. The predicted molar refractivity (Wildman–Crippen MR) is 52.8 cm³/mol. The Kier molecular flexibility index (Phi) is 3.97. The molecule has 5 nitrogen and oxygen atoms in total. The summed E-state index contributed by atoms with van der Waals surface area (Å²) >= 11 is 0. The Balaban J connectivity index is 3.03. The number of hydrogen-bond acceptors (Lipinski definition) is 4. The smallest absolute Gasteiger partial charge is 0.220 e. The van der Waals surface area contributed by atoms with Crippen molar-refractivity contribution in [3.05, 3.63) is 29.3 Å². The van der Waals surface area contributed by atoms with Gasteiger partial charge in [0.25, 0.3) is 0 Å². The van der Waals surface area contributed by atoms with Gasteiger partial charge in [-0.1, -0.05) is 0 Å². The van der Waals surface area contributed by atoms with Crippen LogP contribution in [0, 0.1) is 11.6 Å². The first-order valence-electron chi connectivity index (χ1n) is 4.65. The van der Waals surface area contributed by atoms with Crippen molar-refractivity contribution in [1.29, 1.82) is 0 Å². The Morgan fingerprint density at radius 1 is 1.29 bits per heavy atom. The minimum absolute atomic E-state index is 0.582. The molecule has 0 saturated carbocycles. The highest BCUT2D eigenvalue weighted by atomic mass is 19.1. The number of carbonyl (C=O) groups excluding carboxylic acids is 1. The molecule has 2 atom stereocenters. The van der Waals surface area contributed by atoms with Gasteiger partial charge in [0, 0.05) is 12.1 Å². The van der Waals surface area contributed by atoms with Gasteiger partial charge in [-0.15, -0.1) is 0 Å². The zero-order valence-corrected chi connectivity index (χ0v) is 8.60. The summed E-state index contributed by atoms with van der Waals surface area (Å²) in [6.45, 7) is 0. The second-order valence-corrected chi connectivity index (χ2v) is 3.51. The third-order valence-electron chi connectivity index (χ3n) is 2.13. The van der Waals surface area contributed by atoms with Crippen LogP contribution in [0.5, 0.6) is 5.75 Å². The first-order valence-corrected chi connectivity index (χ1v) is 4.65. The van der Waals surface area contributed by atoms with Gasteiger partial charge >= 0.3 is 0 Å². The van der Waals surface area contributed by atoms with Crippen LogP contribution in [0.1, 0.15) is 18.1 Å². The van der Waals surface area contributed by atoms with Gasteiger partial charge in [-0.05, 0) is 0 Å². The largest absolute Gasteiger partial charge is 0.508 e. The number of benzene rings is 1. The van der Waals surface area contributed by atoms with Gasteiger partial charge in [0.1, 0.15) is 23.5 Å². The van der Waals surface area contributed by atoms with E-state index >= 15 is 0 Å². The lowest BCUT2D eigenvalue weighted by atomic mass is 10.0. The number of phenols is 1. The Morgan fingerprint density at radius 3 is 2.18 bits per heavy atom.